The van der Waals surface area contributed by atoms with Crippen LogP contribution in [0.4, 0.5) is 0 Å². The quantitative estimate of drug-likeness (QED) is 0.284. The van der Waals surface area contributed by atoms with E-state index in [1.165, 1.54) is 6.08 Å². The van der Waals surface area contributed by atoms with Crippen LogP contribution in [-0.4, -0.2) is 73.6 Å². The van der Waals surface area contributed by atoms with E-state index in [0.717, 1.165) is 6.42 Å². The highest BCUT2D eigenvalue weighted by Crippen LogP contribution is 2.40. The van der Waals surface area contributed by atoms with Crippen molar-refractivity contribution >= 4 is 13.6 Å². The summed E-state index contributed by atoms with van der Waals surface area (Å²) in [7, 11) is 0.611. The van der Waals surface area contributed by atoms with Gasteiger partial charge in [0.1, 0.15) is 12.6 Å². The summed E-state index contributed by atoms with van der Waals surface area (Å²) in [6, 6.07) is 0. The molecule has 9 heteroatoms. The number of allylic oxidation sites excluding steroid dienone is 1. The van der Waals surface area contributed by atoms with Gasteiger partial charge < -0.3 is 28.6 Å². The van der Waals surface area contributed by atoms with Crippen molar-refractivity contribution in [1.82, 2.24) is 0 Å². The fraction of sp³-hybridized carbons (Fsp3) is 0.786. The molecule has 0 fully saturated rings. The number of phosphoric acid groups is 1. The maximum Gasteiger partial charge on any atom is 0.268 e. The number of likely N-dealkylation sites (N-methyl/N-ethyl adjacent to an activating group) is 1. The van der Waals surface area contributed by atoms with E-state index in [1.54, 1.807) is 27.2 Å². The first-order chi connectivity index (χ1) is 10.5. The molecule has 3 atom stereocenters. The Kier molecular flexibility index (Phi) is 10.0. The second-order valence-electron chi connectivity index (χ2n) is 6.24. The second-order valence-corrected chi connectivity index (χ2v) is 7.60. The number of nitrogens with zero attached hydrogens (tertiary/aromatic N) is 1. The summed E-state index contributed by atoms with van der Waals surface area (Å²) in [4.78, 5) is 23.9. The van der Waals surface area contributed by atoms with Gasteiger partial charge in [-0.05, 0) is 12.5 Å². The Labute approximate surface area is 137 Å². The Balaban J connectivity index is 4.92. The highest BCUT2D eigenvalue weighted by atomic mass is 31.2. The lowest BCUT2D eigenvalue weighted by Crippen LogP contribution is -2.45. The van der Waals surface area contributed by atoms with E-state index >= 15 is 0 Å². The van der Waals surface area contributed by atoms with Gasteiger partial charge >= 0.3 is 0 Å². The van der Waals surface area contributed by atoms with Crippen LogP contribution in [0.1, 0.15) is 19.8 Å². The summed E-state index contributed by atoms with van der Waals surface area (Å²) in [5.74, 6) is -0.464. The predicted molar refractivity (Wildman–Crippen MR) is 83.5 cm³/mol. The van der Waals surface area contributed by atoms with Gasteiger partial charge in [0, 0.05) is 0 Å². The fourth-order valence-electron chi connectivity index (χ4n) is 1.56. The van der Waals surface area contributed by atoms with E-state index in [1.807, 2.05) is 6.92 Å². The molecule has 0 aromatic heterocycles. The molecule has 0 rings (SSSR count). The Bertz CT molecular complexity index is 433. The van der Waals surface area contributed by atoms with Crippen LogP contribution in [0.25, 0.3) is 0 Å². The number of aliphatic hydroxyl groups excluding tert-OH is 2. The van der Waals surface area contributed by atoms with Crippen LogP contribution >= 0.6 is 7.82 Å². The fourth-order valence-corrected chi connectivity index (χ4v) is 2.46. The van der Waals surface area contributed by atoms with Crippen LogP contribution in [0.5, 0.6) is 0 Å². The van der Waals surface area contributed by atoms with Crippen molar-refractivity contribution in [2.75, 3.05) is 40.9 Å². The van der Waals surface area contributed by atoms with Crippen LogP contribution in [0.2, 0.25) is 0 Å². The van der Waals surface area contributed by atoms with Crippen molar-refractivity contribution < 1.29 is 38.0 Å². The number of hydrogen-bond acceptors (Lipinski definition) is 7. The van der Waals surface area contributed by atoms with Crippen molar-refractivity contribution in [1.29, 1.82) is 0 Å². The molecule has 0 spiro atoms. The number of carbonyl (C=O) groups excluding carboxylic acids is 1. The van der Waals surface area contributed by atoms with Gasteiger partial charge in [-0.25, -0.2) is 0 Å². The standard InChI is InChI=1S/C14H28NO7P/c1-5-6-7-8-13(18)14(9-15(2,3)4)22-23(19,20)21-11-12(17)10-16/h7-8,12,14,16-17H,5-6,9-11H2,1-4H3/t12-,14?/m1/s1. The van der Waals surface area contributed by atoms with Gasteiger partial charge in [-0.3, -0.25) is 9.36 Å². The number of carbonyl (C=O) groups is 1. The predicted octanol–water partition coefficient (Wildman–Crippen LogP) is -0.159. The lowest BCUT2D eigenvalue weighted by Gasteiger charge is -2.32. The maximum absolute atomic E-state index is 12.1. The molecule has 0 aliphatic rings. The lowest BCUT2D eigenvalue weighted by molar-refractivity contribution is -0.872. The van der Waals surface area contributed by atoms with Crippen molar-refractivity contribution in [2.45, 2.75) is 32.0 Å². The molecule has 0 aliphatic heterocycles. The number of aliphatic hydroxyl groups is 2. The zero-order valence-corrected chi connectivity index (χ0v) is 15.1. The van der Waals surface area contributed by atoms with Gasteiger partial charge in [-0.1, -0.05) is 19.4 Å². The van der Waals surface area contributed by atoms with Gasteiger partial charge in [0.05, 0.1) is 34.4 Å². The SMILES string of the molecule is CCCC=CC(=O)C(C[N+](C)(C)C)OP(=O)([O-])OC[C@H](O)CO. The van der Waals surface area contributed by atoms with Crippen molar-refractivity contribution in [3.8, 4) is 0 Å². The van der Waals surface area contributed by atoms with E-state index in [4.69, 9.17) is 14.7 Å². The molecule has 0 aromatic carbocycles. The van der Waals surface area contributed by atoms with Crippen molar-refractivity contribution in [2.24, 2.45) is 0 Å². The topological polar surface area (TPSA) is 116 Å². The molecule has 2 N–H and O–H groups in total. The minimum atomic E-state index is -4.78. The molecule has 0 aliphatic carbocycles. The number of phosphoric ester groups is 1. The van der Waals surface area contributed by atoms with Crippen molar-refractivity contribution in [3.63, 3.8) is 0 Å². The zero-order valence-electron chi connectivity index (χ0n) is 14.2. The van der Waals surface area contributed by atoms with Crippen molar-refractivity contribution in [3.05, 3.63) is 12.2 Å². The van der Waals surface area contributed by atoms with Crippen LogP contribution in [0, 0.1) is 0 Å². The number of ketones is 1. The normalized spacial score (nSPS) is 17.9. The van der Waals surface area contributed by atoms with E-state index in [2.05, 4.69) is 4.52 Å². The van der Waals surface area contributed by atoms with Gasteiger partial charge in [0.15, 0.2) is 11.9 Å². The van der Waals surface area contributed by atoms with Crippen LogP contribution < -0.4 is 4.89 Å². The van der Waals surface area contributed by atoms with E-state index < -0.39 is 39.0 Å². The summed E-state index contributed by atoms with van der Waals surface area (Å²) >= 11 is 0. The molecule has 2 unspecified atom stereocenters. The number of unbranched alkanes of at least 4 members (excludes halogenated alkanes) is 1. The van der Waals surface area contributed by atoms with E-state index in [0.29, 0.717) is 10.9 Å². The molecule has 0 radical (unpaired) electrons. The second kappa shape index (κ2) is 10.3. The molecule has 136 valence electrons. The number of quaternary nitrogens is 1. The number of hydrogen-bond donors (Lipinski definition) is 2. The molecule has 0 amide bonds. The van der Waals surface area contributed by atoms with Gasteiger partial charge in [-0.2, -0.15) is 0 Å². The Morgan fingerprint density at radius 2 is 2.00 bits per heavy atom. The molecule has 8 nitrogen and oxygen atoms in total. The largest absolute Gasteiger partial charge is 0.756 e. The first-order valence-electron chi connectivity index (χ1n) is 7.44. The molecule has 0 heterocycles. The van der Waals surface area contributed by atoms with Crippen LogP contribution in [-0.2, 0) is 18.4 Å². The van der Waals surface area contributed by atoms with Crippen LogP contribution in [0.15, 0.2) is 12.2 Å². The third-order valence-corrected chi connectivity index (χ3v) is 3.64. The Hall–Kier alpha value is -0.600. The van der Waals surface area contributed by atoms with E-state index in [-0.39, 0.29) is 6.54 Å². The maximum atomic E-state index is 12.1. The molecule has 0 bridgehead atoms. The number of rotatable bonds is 12. The average Bonchev–Trinajstić information content (AvgIpc) is 2.42. The van der Waals surface area contributed by atoms with E-state index in [9.17, 15) is 14.3 Å². The summed E-state index contributed by atoms with van der Waals surface area (Å²) in [6.45, 7) is 0.823. The third-order valence-electron chi connectivity index (χ3n) is 2.66. The summed E-state index contributed by atoms with van der Waals surface area (Å²) < 4.78 is 21.5. The molecular weight excluding hydrogens is 325 g/mol. The smallest absolute Gasteiger partial charge is 0.268 e. The van der Waals surface area contributed by atoms with Gasteiger partial charge in [0.2, 0.25) is 0 Å². The highest BCUT2D eigenvalue weighted by Gasteiger charge is 2.29. The average molecular weight is 353 g/mol. The van der Waals surface area contributed by atoms with Gasteiger partial charge in [-0.15, -0.1) is 0 Å². The third kappa shape index (κ3) is 11.6. The molecular formula is C14H28NO7P. The summed E-state index contributed by atoms with van der Waals surface area (Å²) in [5.41, 5.74) is 0. The monoisotopic (exact) mass is 353 g/mol. The Morgan fingerprint density at radius 1 is 1.39 bits per heavy atom. The lowest BCUT2D eigenvalue weighted by atomic mass is 10.2. The first kappa shape index (κ1) is 22.4. The highest BCUT2D eigenvalue weighted by molar-refractivity contribution is 7.45. The first-order valence-corrected chi connectivity index (χ1v) is 8.90. The molecule has 0 saturated carbocycles. The molecule has 0 aromatic rings. The minimum Gasteiger partial charge on any atom is -0.756 e. The minimum absolute atomic E-state index is 0.132. The Morgan fingerprint density at radius 3 is 2.48 bits per heavy atom. The zero-order chi connectivity index (χ0) is 18.1. The summed E-state index contributed by atoms with van der Waals surface area (Å²) in [6.07, 6.45) is 2.01. The molecule has 0 saturated heterocycles. The van der Waals surface area contributed by atoms with Crippen LogP contribution in [0.3, 0.4) is 0 Å². The van der Waals surface area contributed by atoms with Gasteiger partial charge in [0.25, 0.3) is 7.82 Å². The summed E-state index contributed by atoms with van der Waals surface area (Å²) in [5, 5.41) is 17.8. The molecule has 23 heavy (non-hydrogen) atoms.